The summed E-state index contributed by atoms with van der Waals surface area (Å²) in [5, 5.41) is 11.6. The van der Waals surface area contributed by atoms with Gasteiger partial charge in [-0.3, -0.25) is 14.5 Å². The molecule has 42 heavy (non-hydrogen) atoms. The normalized spacial score (nSPS) is 15.9. The van der Waals surface area contributed by atoms with Crippen LogP contribution in [0.1, 0.15) is 32.5 Å². The average Bonchev–Trinajstić information content (AvgIpc) is 3.52. The maximum atomic E-state index is 13.6. The van der Waals surface area contributed by atoms with Gasteiger partial charge in [-0.05, 0) is 48.9 Å². The van der Waals surface area contributed by atoms with E-state index in [0.29, 0.717) is 28.5 Å². The molecule has 1 aromatic heterocycles. The first-order valence-corrected chi connectivity index (χ1v) is 13.7. The number of esters is 1. The van der Waals surface area contributed by atoms with E-state index in [2.05, 4.69) is 11.6 Å². The van der Waals surface area contributed by atoms with E-state index in [-0.39, 0.29) is 33.5 Å². The summed E-state index contributed by atoms with van der Waals surface area (Å²) in [4.78, 5) is 45.7. The largest absolute Gasteiger partial charge is 0.507 e. The Labute approximate surface area is 245 Å². The van der Waals surface area contributed by atoms with Gasteiger partial charge in [0.2, 0.25) is 0 Å². The van der Waals surface area contributed by atoms with Crippen LogP contribution < -0.4 is 14.4 Å². The zero-order valence-corrected chi connectivity index (χ0v) is 23.6. The van der Waals surface area contributed by atoms with Crippen molar-refractivity contribution in [3.63, 3.8) is 0 Å². The van der Waals surface area contributed by atoms with Gasteiger partial charge in [0.05, 0.1) is 24.4 Å². The highest BCUT2D eigenvalue weighted by molar-refractivity contribution is 7.17. The number of hydrogen-bond donors (Lipinski definition) is 1. The first kappa shape index (κ1) is 28.3. The predicted molar refractivity (Wildman–Crippen MR) is 158 cm³/mol. The van der Waals surface area contributed by atoms with Crippen molar-refractivity contribution in [1.29, 1.82) is 0 Å². The summed E-state index contributed by atoms with van der Waals surface area (Å²) < 4.78 is 16.5. The molecule has 4 aromatic rings. The summed E-state index contributed by atoms with van der Waals surface area (Å²) in [5.74, 6) is -1.31. The average molecular weight is 583 g/mol. The molecule has 212 valence electrons. The molecule has 2 heterocycles. The van der Waals surface area contributed by atoms with Crippen LogP contribution in [0.25, 0.3) is 5.76 Å². The van der Waals surface area contributed by atoms with Crippen LogP contribution in [0.2, 0.25) is 0 Å². The number of aliphatic hydroxyl groups is 1. The fraction of sp³-hybridized carbons (Fsp3) is 0.125. The predicted octanol–water partition coefficient (Wildman–Crippen LogP) is 6.22. The molecule has 1 aliphatic rings. The van der Waals surface area contributed by atoms with Crippen molar-refractivity contribution >= 4 is 39.9 Å². The number of thiazole rings is 1. The molecule has 9 nitrogen and oxygen atoms in total. The summed E-state index contributed by atoms with van der Waals surface area (Å²) >= 11 is 0.919. The van der Waals surface area contributed by atoms with E-state index >= 15 is 0 Å². The molecule has 0 aliphatic carbocycles. The Morgan fingerprint density at radius 3 is 2.48 bits per heavy atom. The number of methoxy groups -OCH3 is 1. The maximum Gasteiger partial charge on any atom is 0.350 e. The second-order valence-corrected chi connectivity index (χ2v) is 10.2. The van der Waals surface area contributed by atoms with Crippen molar-refractivity contribution in [2.45, 2.75) is 13.0 Å². The van der Waals surface area contributed by atoms with Gasteiger partial charge in [-0.25, -0.2) is 9.78 Å². The highest BCUT2D eigenvalue weighted by Gasteiger charge is 2.48. The molecule has 10 heteroatoms. The zero-order valence-electron chi connectivity index (χ0n) is 22.8. The number of para-hydroxylation sites is 1. The molecule has 1 fully saturated rings. The van der Waals surface area contributed by atoms with E-state index in [1.165, 1.54) is 18.1 Å². The summed E-state index contributed by atoms with van der Waals surface area (Å²) in [6, 6.07) is 21.5. The Morgan fingerprint density at radius 2 is 1.74 bits per heavy atom. The number of nitrogens with zero attached hydrogens (tertiary/aromatic N) is 2. The van der Waals surface area contributed by atoms with E-state index in [1.54, 1.807) is 67.6 Å². The summed E-state index contributed by atoms with van der Waals surface area (Å²) in [6.07, 6.45) is 1.44. The number of ketones is 1. The van der Waals surface area contributed by atoms with Crippen LogP contribution in [0.5, 0.6) is 17.2 Å². The van der Waals surface area contributed by atoms with E-state index in [1.807, 2.05) is 18.2 Å². The number of carbonyl (C=O) groups excluding carboxylic acids is 3. The Kier molecular flexibility index (Phi) is 8.16. The molecule has 1 N–H and O–H groups in total. The Morgan fingerprint density at radius 1 is 1.02 bits per heavy atom. The highest BCUT2D eigenvalue weighted by atomic mass is 32.1. The quantitative estimate of drug-likeness (QED) is 0.0813. The van der Waals surface area contributed by atoms with Crippen molar-refractivity contribution in [1.82, 2.24) is 4.98 Å². The van der Waals surface area contributed by atoms with Crippen LogP contribution in [0.15, 0.2) is 97.1 Å². The Balaban J connectivity index is 1.66. The lowest BCUT2D eigenvalue weighted by molar-refractivity contribution is -0.132. The number of amides is 1. The minimum Gasteiger partial charge on any atom is -0.507 e. The van der Waals surface area contributed by atoms with Crippen LogP contribution in [0, 0.1) is 6.92 Å². The van der Waals surface area contributed by atoms with Crippen molar-refractivity contribution in [3.8, 4) is 17.2 Å². The number of aryl methyl sites for hydroxylation is 1. The van der Waals surface area contributed by atoms with Crippen LogP contribution in [-0.2, 0) is 14.3 Å². The van der Waals surface area contributed by atoms with E-state index in [4.69, 9.17) is 14.2 Å². The Bertz CT molecular complexity index is 1710. The summed E-state index contributed by atoms with van der Waals surface area (Å²) in [6.45, 7) is 5.16. The first-order chi connectivity index (χ1) is 20.3. The zero-order chi connectivity index (χ0) is 29.8. The lowest BCUT2D eigenvalue weighted by Gasteiger charge is -2.23. The molecule has 0 spiro atoms. The molecule has 1 unspecified atom stereocenters. The fourth-order valence-corrected chi connectivity index (χ4v) is 5.51. The van der Waals surface area contributed by atoms with Crippen molar-refractivity contribution in [2.75, 3.05) is 18.6 Å². The van der Waals surface area contributed by atoms with Gasteiger partial charge in [0.15, 0.2) is 5.13 Å². The standard InChI is InChI=1S/C32H26N2O7S/c1-4-16-40-31(38)29-19(2)33-32(42-29)34-26(20-10-8-15-24(17-20)41-22-12-6-5-7-13-22)25(28(36)30(34)37)27(35)21-11-9-14-23(18-21)39-3/h4-15,17-18,26,35H,1,16H2,2-3H3. The third-order valence-electron chi connectivity index (χ3n) is 6.45. The number of aliphatic hydroxyl groups excluding tert-OH is 1. The second kappa shape index (κ2) is 12.1. The smallest absolute Gasteiger partial charge is 0.350 e. The topological polar surface area (TPSA) is 115 Å². The fourth-order valence-electron chi connectivity index (χ4n) is 4.52. The number of benzene rings is 3. The Hall–Kier alpha value is -5.22. The number of ether oxygens (including phenoxy) is 3. The van der Waals surface area contributed by atoms with E-state index in [9.17, 15) is 19.5 Å². The van der Waals surface area contributed by atoms with Gasteiger partial charge in [-0.1, -0.05) is 66.5 Å². The molecule has 3 aromatic carbocycles. The number of hydrogen-bond acceptors (Lipinski definition) is 9. The van der Waals surface area contributed by atoms with Crippen LogP contribution in [0.3, 0.4) is 0 Å². The SMILES string of the molecule is C=CCOC(=O)c1sc(N2C(=O)C(=O)C(=C(O)c3cccc(OC)c3)C2c2cccc(Oc3ccccc3)c2)nc1C. The number of Topliss-reactive ketones (excluding diaryl/α,β-unsaturated/α-hetero) is 1. The minimum atomic E-state index is -1.09. The molecule has 1 atom stereocenters. The van der Waals surface area contributed by atoms with Crippen LogP contribution in [0.4, 0.5) is 5.13 Å². The molecule has 5 rings (SSSR count). The number of rotatable bonds is 9. The van der Waals surface area contributed by atoms with Gasteiger partial charge in [-0.2, -0.15) is 0 Å². The summed E-state index contributed by atoms with van der Waals surface area (Å²) in [5.41, 5.74) is 0.959. The lowest BCUT2D eigenvalue weighted by Crippen LogP contribution is -2.29. The molecule has 1 aliphatic heterocycles. The molecule has 0 bridgehead atoms. The van der Waals surface area contributed by atoms with Crippen LogP contribution >= 0.6 is 11.3 Å². The lowest BCUT2D eigenvalue weighted by atomic mass is 9.95. The van der Waals surface area contributed by atoms with E-state index in [0.717, 1.165) is 11.3 Å². The molecular formula is C32H26N2O7S. The molecule has 1 saturated heterocycles. The number of anilines is 1. The van der Waals surface area contributed by atoms with Gasteiger partial charge in [0.25, 0.3) is 5.78 Å². The van der Waals surface area contributed by atoms with E-state index < -0.39 is 23.7 Å². The second-order valence-electron chi connectivity index (χ2n) is 9.19. The van der Waals surface area contributed by atoms with Crippen molar-refractivity contribution < 1.29 is 33.7 Å². The molecule has 0 saturated carbocycles. The number of aromatic nitrogens is 1. The third-order valence-corrected chi connectivity index (χ3v) is 7.59. The van der Waals surface area contributed by atoms with Gasteiger partial charge >= 0.3 is 11.9 Å². The van der Waals surface area contributed by atoms with Gasteiger partial charge in [0.1, 0.15) is 34.5 Å². The van der Waals surface area contributed by atoms with Gasteiger partial charge in [0, 0.05) is 5.56 Å². The van der Waals surface area contributed by atoms with Gasteiger partial charge in [-0.15, -0.1) is 0 Å². The molecular weight excluding hydrogens is 556 g/mol. The van der Waals surface area contributed by atoms with Crippen LogP contribution in [-0.4, -0.2) is 41.5 Å². The van der Waals surface area contributed by atoms with Gasteiger partial charge < -0.3 is 19.3 Å². The first-order valence-electron chi connectivity index (χ1n) is 12.9. The molecule has 0 radical (unpaired) electrons. The van der Waals surface area contributed by atoms with Crippen molar-refractivity contribution in [2.24, 2.45) is 0 Å². The minimum absolute atomic E-state index is 0.00473. The monoisotopic (exact) mass is 582 g/mol. The molecule has 1 amide bonds. The maximum absolute atomic E-state index is 13.6. The summed E-state index contributed by atoms with van der Waals surface area (Å²) in [7, 11) is 1.48. The number of carbonyl (C=O) groups is 3. The van der Waals surface area contributed by atoms with Crippen molar-refractivity contribution in [3.05, 3.63) is 119 Å². The third kappa shape index (κ3) is 5.52. The highest BCUT2D eigenvalue weighted by Crippen LogP contribution is 2.45.